The Morgan fingerprint density at radius 2 is 2.09 bits per heavy atom. The highest BCUT2D eigenvalue weighted by Gasteiger charge is 2.13. The van der Waals surface area contributed by atoms with E-state index in [1.54, 1.807) is 6.92 Å². The molecule has 0 unspecified atom stereocenters. The first-order valence-corrected chi connectivity index (χ1v) is 3.65. The fraction of sp³-hybridized carbons (Fsp3) is 0.857. The van der Waals surface area contributed by atoms with Crippen LogP contribution in [0.25, 0.3) is 0 Å². The summed E-state index contributed by atoms with van der Waals surface area (Å²) in [5.41, 5.74) is 10.6. The summed E-state index contributed by atoms with van der Waals surface area (Å²) in [4.78, 5) is 10.9. The van der Waals surface area contributed by atoms with Gasteiger partial charge in [0.05, 0.1) is 6.04 Å². The second-order valence-electron chi connectivity index (χ2n) is 3.50. The first-order valence-electron chi connectivity index (χ1n) is 3.65. The van der Waals surface area contributed by atoms with Crippen LogP contribution in [0.1, 0.15) is 20.8 Å². The van der Waals surface area contributed by atoms with Gasteiger partial charge in [0.15, 0.2) is 0 Å². The minimum Gasteiger partial charge on any atom is -0.353 e. The summed E-state index contributed by atoms with van der Waals surface area (Å²) in [5.74, 6) is -0.163. The molecule has 0 radical (unpaired) electrons. The second kappa shape index (κ2) is 3.69. The van der Waals surface area contributed by atoms with Crippen molar-refractivity contribution >= 4 is 5.91 Å². The van der Waals surface area contributed by atoms with Crippen molar-refractivity contribution in [1.29, 1.82) is 0 Å². The topological polar surface area (TPSA) is 81.1 Å². The maximum Gasteiger partial charge on any atom is 0.236 e. The molecule has 0 bridgehead atoms. The van der Waals surface area contributed by atoms with E-state index in [1.165, 1.54) is 0 Å². The van der Waals surface area contributed by atoms with Gasteiger partial charge in [0, 0.05) is 12.1 Å². The van der Waals surface area contributed by atoms with Crippen molar-refractivity contribution in [1.82, 2.24) is 5.32 Å². The standard InChI is InChI=1S/C7H17N3O/c1-5(8)6(11)10-4-7(2,3)9/h5H,4,8-9H2,1-3H3,(H,10,11)/t5-/m1/s1. The van der Waals surface area contributed by atoms with Crippen molar-refractivity contribution in [3.8, 4) is 0 Å². The molecule has 0 aliphatic carbocycles. The molecule has 0 aliphatic heterocycles. The Bertz CT molecular complexity index is 137. The summed E-state index contributed by atoms with van der Waals surface area (Å²) in [6.07, 6.45) is 0. The first-order chi connectivity index (χ1) is 4.83. The summed E-state index contributed by atoms with van der Waals surface area (Å²) in [6, 6.07) is -0.461. The molecule has 0 fully saturated rings. The minimum atomic E-state index is -0.461. The smallest absolute Gasteiger partial charge is 0.236 e. The van der Waals surface area contributed by atoms with E-state index in [0.717, 1.165) is 0 Å². The minimum absolute atomic E-state index is 0.163. The quantitative estimate of drug-likeness (QED) is 0.503. The molecule has 0 rings (SSSR count). The van der Waals surface area contributed by atoms with Crippen LogP contribution in [0.2, 0.25) is 0 Å². The number of hydrogen-bond acceptors (Lipinski definition) is 3. The fourth-order valence-corrected chi connectivity index (χ4v) is 0.476. The van der Waals surface area contributed by atoms with Gasteiger partial charge < -0.3 is 16.8 Å². The summed E-state index contributed by atoms with van der Waals surface area (Å²) < 4.78 is 0. The van der Waals surface area contributed by atoms with Crippen molar-refractivity contribution in [2.75, 3.05) is 6.54 Å². The maximum absolute atomic E-state index is 10.9. The molecule has 0 aromatic heterocycles. The predicted molar refractivity (Wildman–Crippen MR) is 44.9 cm³/mol. The van der Waals surface area contributed by atoms with Crippen LogP contribution >= 0.6 is 0 Å². The Hall–Kier alpha value is -0.610. The van der Waals surface area contributed by atoms with Crippen LogP contribution in [-0.4, -0.2) is 24.0 Å². The third kappa shape index (κ3) is 5.82. The zero-order valence-corrected chi connectivity index (χ0v) is 7.35. The van der Waals surface area contributed by atoms with Gasteiger partial charge >= 0.3 is 0 Å². The monoisotopic (exact) mass is 159 g/mol. The molecule has 4 heteroatoms. The lowest BCUT2D eigenvalue weighted by Crippen LogP contribution is -2.48. The first kappa shape index (κ1) is 10.4. The molecule has 0 heterocycles. The van der Waals surface area contributed by atoms with Crippen LogP contribution in [0, 0.1) is 0 Å². The van der Waals surface area contributed by atoms with Crippen molar-refractivity contribution in [3.63, 3.8) is 0 Å². The summed E-state index contributed by atoms with van der Waals surface area (Å²) in [7, 11) is 0. The predicted octanol–water partition coefficient (Wildman–Crippen LogP) is -0.813. The molecule has 1 atom stereocenters. The normalized spacial score (nSPS) is 14.3. The molecule has 5 N–H and O–H groups in total. The van der Waals surface area contributed by atoms with E-state index in [1.807, 2.05) is 13.8 Å². The van der Waals surface area contributed by atoms with Crippen LogP contribution in [0.5, 0.6) is 0 Å². The van der Waals surface area contributed by atoms with Gasteiger partial charge in [0.25, 0.3) is 0 Å². The van der Waals surface area contributed by atoms with Gasteiger partial charge in [-0.05, 0) is 20.8 Å². The molecule has 0 saturated heterocycles. The molecule has 1 amide bonds. The molecule has 0 aromatic rings. The number of amides is 1. The number of carbonyl (C=O) groups is 1. The molecule has 66 valence electrons. The SMILES string of the molecule is C[C@@H](N)C(=O)NCC(C)(C)N. The lowest BCUT2D eigenvalue weighted by molar-refractivity contribution is -0.122. The Kier molecular flexibility index (Phi) is 3.48. The van der Waals surface area contributed by atoms with Crippen LogP contribution in [-0.2, 0) is 4.79 Å². The number of carbonyl (C=O) groups excluding carboxylic acids is 1. The van der Waals surface area contributed by atoms with Gasteiger partial charge in [-0.3, -0.25) is 4.79 Å². The number of rotatable bonds is 3. The lowest BCUT2D eigenvalue weighted by atomic mass is 10.1. The molecule has 0 spiro atoms. The molecule has 0 aliphatic rings. The van der Waals surface area contributed by atoms with E-state index in [9.17, 15) is 4.79 Å². The highest BCUT2D eigenvalue weighted by Crippen LogP contribution is 1.92. The molecular formula is C7H17N3O. The van der Waals surface area contributed by atoms with Crippen LogP contribution in [0.4, 0.5) is 0 Å². The molecule has 11 heavy (non-hydrogen) atoms. The average Bonchev–Trinajstić information content (AvgIpc) is 1.80. The van der Waals surface area contributed by atoms with E-state index in [-0.39, 0.29) is 11.4 Å². The Labute approximate surface area is 67.3 Å². The summed E-state index contributed by atoms with van der Waals surface area (Å²) in [6.45, 7) is 5.77. The average molecular weight is 159 g/mol. The Morgan fingerprint density at radius 1 is 1.64 bits per heavy atom. The van der Waals surface area contributed by atoms with Gasteiger partial charge in [-0.1, -0.05) is 0 Å². The fourth-order valence-electron chi connectivity index (χ4n) is 0.476. The van der Waals surface area contributed by atoms with Crippen molar-refractivity contribution in [2.24, 2.45) is 11.5 Å². The molecular weight excluding hydrogens is 142 g/mol. The number of nitrogens with one attached hydrogen (secondary N) is 1. The third-order valence-electron chi connectivity index (χ3n) is 1.13. The van der Waals surface area contributed by atoms with Gasteiger partial charge in [0.2, 0.25) is 5.91 Å². The highest BCUT2D eigenvalue weighted by molar-refractivity contribution is 5.80. The maximum atomic E-state index is 10.9. The molecule has 4 nitrogen and oxygen atoms in total. The molecule has 0 saturated carbocycles. The summed E-state index contributed by atoms with van der Waals surface area (Å²) >= 11 is 0. The second-order valence-corrected chi connectivity index (χ2v) is 3.50. The largest absolute Gasteiger partial charge is 0.353 e. The summed E-state index contributed by atoms with van der Waals surface area (Å²) in [5, 5.41) is 2.63. The van der Waals surface area contributed by atoms with Crippen LogP contribution in [0.15, 0.2) is 0 Å². The van der Waals surface area contributed by atoms with E-state index < -0.39 is 6.04 Å². The van der Waals surface area contributed by atoms with E-state index in [4.69, 9.17) is 11.5 Å². The lowest BCUT2D eigenvalue weighted by Gasteiger charge is -2.19. The van der Waals surface area contributed by atoms with Gasteiger partial charge in [-0.25, -0.2) is 0 Å². The van der Waals surface area contributed by atoms with Crippen LogP contribution < -0.4 is 16.8 Å². The zero-order chi connectivity index (χ0) is 9.07. The van der Waals surface area contributed by atoms with E-state index in [0.29, 0.717) is 6.54 Å². The Balaban J connectivity index is 3.64. The van der Waals surface area contributed by atoms with Crippen molar-refractivity contribution < 1.29 is 4.79 Å². The van der Waals surface area contributed by atoms with Crippen molar-refractivity contribution in [3.05, 3.63) is 0 Å². The highest BCUT2D eigenvalue weighted by atomic mass is 16.2. The van der Waals surface area contributed by atoms with Gasteiger partial charge in [-0.2, -0.15) is 0 Å². The molecule has 0 aromatic carbocycles. The third-order valence-corrected chi connectivity index (χ3v) is 1.13. The van der Waals surface area contributed by atoms with Crippen molar-refractivity contribution in [2.45, 2.75) is 32.4 Å². The zero-order valence-electron chi connectivity index (χ0n) is 7.35. The van der Waals surface area contributed by atoms with E-state index >= 15 is 0 Å². The number of hydrogen-bond donors (Lipinski definition) is 3. The number of nitrogens with two attached hydrogens (primary N) is 2. The van der Waals surface area contributed by atoms with Gasteiger partial charge in [-0.15, -0.1) is 0 Å². The van der Waals surface area contributed by atoms with E-state index in [2.05, 4.69) is 5.32 Å². The van der Waals surface area contributed by atoms with Crippen LogP contribution in [0.3, 0.4) is 0 Å². The van der Waals surface area contributed by atoms with Gasteiger partial charge in [0.1, 0.15) is 0 Å². The Morgan fingerprint density at radius 3 is 2.36 bits per heavy atom.